The Morgan fingerprint density at radius 1 is 1.18 bits per heavy atom. The monoisotopic (exact) mass is 560 g/mol. The van der Waals surface area contributed by atoms with Crippen LogP contribution in [-0.2, 0) is 16.7 Å². The zero-order valence-corrected chi connectivity index (χ0v) is 24.5. The number of aryl methyl sites for hydroxylation is 2. The van der Waals surface area contributed by atoms with Gasteiger partial charge in [-0.2, -0.15) is 8.42 Å². The van der Waals surface area contributed by atoms with Gasteiger partial charge in [-0.15, -0.1) is 11.3 Å². The highest BCUT2D eigenvalue weighted by molar-refractivity contribution is 7.88. The Bertz CT molecular complexity index is 1260. The van der Waals surface area contributed by atoms with Gasteiger partial charge in [0, 0.05) is 36.4 Å². The number of hydrogen-bond acceptors (Lipinski definition) is 8. The maximum atomic E-state index is 10.6. The molecular weight excluding hydrogens is 520 g/mol. The molecule has 10 heteroatoms. The zero-order valence-electron chi connectivity index (χ0n) is 22.8. The van der Waals surface area contributed by atoms with E-state index in [-0.39, 0.29) is 4.21 Å². The number of methoxy groups -OCH3 is 1. The largest absolute Gasteiger partial charge is 0.496 e. The predicted octanol–water partition coefficient (Wildman–Crippen LogP) is 5.35. The number of aromatic nitrogens is 1. The molecule has 1 fully saturated rings. The molecule has 38 heavy (non-hydrogen) atoms. The summed E-state index contributed by atoms with van der Waals surface area (Å²) in [5.41, 5.74) is 4.07. The van der Waals surface area contributed by atoms with E-state index < -0.39 is 10.1 Å². The van der Waals surface area contributed by atoms with Gasteiger partial charge in [-0.3, -0.25) is 4.55 Å². The van der Waals surface area contributed by atoms with Crippen LogP contribution < -0.4 is 20.7 Å². The summed E-state index contributed by atoms with van der Waals surface area (Å²) >= 11 is 0.972. The summed E-state index contributed by atoms with van der Waals surface area (Å²) in [7, 11) is -2.31. The van der Waals surface area contributed by atoms with E-state index in [1.165, 1.54) is 24.0 Å². The van der Waals surface area contributed by atoms with Crippen molar-refractivity contribution >= 4 is 27.1 Å². The molecule has 8 nitrogen and oxygen atoms in total. The first-order chi connectivity index (χ1) is 18.1. The van der Waals surface area contributed by atoms with E-state index in [1.807, 2.05) is 0 Å². The highest BCUT2D eigenvalue weighted by atomic mass is 32.3. The number of rotatable bonds is 9. The SMILES string of the molecule is COc1ccc(NCC(C)C)cc1CN[C@H]1CCCN[C@H]1c1ccccc1.Cc1nc(C)c(S(=O)(=O)O)s1. The van der Waals surface area contributed by atoms with Crippen LogP contribution in [0.4, 0.5) is 5.69 Å². The van der Waals surface area contributed by atoms with Crippen molar-refractivity contribution in [3.63, 3.8) is 0 Å². The Labute approximate surface area is 231 Å². The van der Waals surface area contributed by atoms with Gasteiger partial charge in [0.25, 0.3) is 0 Å². The van der Waals surface area contributed by atoms with Gasteiger partial charge in [0.2, 0.25) is 0 Å². The number of piperidine rings is 1. The molecule has 4 N–H and O–H groups in total. The van der Waals surface area contributed by atoms with Crippen LogP contribution in [0.3, 0.4) is 0 Å². The van der Waals surface area contributed by atoms with Crippen LogP contribution in [0.5, 0.6) is 5.75 Å². The van der Waals surface area contributed by atoms with Gasteiger partial charge in [0.15, 0.2) is 4.21 Å². The number of hydrogen-bond donors (Lipinski definition) is 4. The van der Waals surface area contributed by atoms with Gasteiger partial charge in [0.1, 0.15) is 5.75 Å². The molecule has 0 bridgehead atoms. The van der Waals surface area contributed by atoms with Gasteiger partial charge in [-0.05, 0) is 62.9 Å². The van der Waals surface area contributed by atoms with Crippen molar-refractivity contribution in [2.24, 2.45) is 5.92 Å². The van der Waals surface area contributed by atoms with E-state index >= 15 is 0 Å². The molecule has 2 heterocycles. The van der Waals surface area contributed by atoms with Crippen LogP contribution in [0.15, 0.2) is 52.7 Å². The molecule has 1 aromatic heterocycles. The maximum absolute atomic E-state index is 10.6. The number of thiazole rings is 1. The lowest BCUT2D eigenvalue weighted by Crippen LogP contribution is -2.45. The predicted molar refractivity (Wildman–Crippen MR) is 155 cm³/mol. The topological polar surface area (TPSA) is 113 Å². The number of benzene rings is 2. The Hall–Kier alpha value is -2.50. The molecule has 0 spiro atoms. The molecule has 1 aliphatic rings. The second-order valence-corrected chi connectivity index (χ2v) is 12.7. The highest BCUT2D eigenvalue weighted by Crippen LogP contribution is 2.27. The van der Waals surface area contributed by atoms with Crippen LogP contribution in [-0.4, -0.2) is 44.2 Å². The zero-order chi connectivity index (χ0) is 27.7. The average Bonchev–Trinajstić information content (AvgIpc) is 3.25. The van der Waals surface area contributed by atoms with Crippen molar-refractivity contribution in [3.8, 4) is 5.75 Å². The minimum Gasteiger partial charge on any atom is -0.496 e. The summed E-state index contributed by atoms with van der Waals surface area (Å²) < 4.78 is 35.3. The third kappa shape index (κ3) is 8.78. The van der Waals surface area contributed by atoms with E-state index in [2.05, 4.69) is 83.3 Å². The molecule has 3 aromatic rings. The molecule has 1 saturated heterocycles. The molecule has 1 aliphatic heterocycles. The molecule has 0 unspecified atom stereocenters. The van der Waals surface area contributed by atoms with Gasteiger partial charge in [-0.1, -0.05) is 44.2 Å². The van der Waals surface area contributed by atoms with E-state index in [4.69, 9.17) is 9.29 Å². The molecule has 208 valence electrons. The summed E-state index contributed by atoms with van der Waals surface area (Å²) in [5, 5.41) is 11.6. The van der Waals surface area contributed by atoms with Crippen LogP contribution >= 0.6 is 11.3 Å². The molecule has 2 atom stereocenters. The Morgan fingerprint density at radius 2 is 1.92 bits per heavy atom. The van der Waals surface area contributed by atoms with Gasteiger partial charge in [-0.25, -0.2) is 4.98 Å². The molecular formula is C28H40N4O4S2. The minimum absolute atomic E-state index is 0.0602. The number of nitrogens with zero attached hydrogens (tertiary/aromatic N) is 1. The third-order valence-electron chi connectivity index (χ3n) is 6.26. The minimum atomic E-state index is -4.06. The van der Waals surface area contributed by atoms with Crippen molar-refractivity contribution in [2.45, 2.75) is 63.4 Å². The fourth-order valence-electron chi connectivity index (χ4n) is 4.46. The normalized spacial score (nSPS) is 17.6. The summed E-state index contributed by atoms with van der Waals surface area (Å²) in [5.74, 6) is 1.56. The number of nitrogens with one attached hydrogen (secondary N) is 3. The van der Waals surface area contributed by atoms with Crippen LogP contribution in [0, 0.1) is 19.8 Å². The molecule has 2 aromatic carbocycles. The van der Waals surface area contributed by atoms with Crippen molar-refractivity contribution in [2.75, 3.05) is 25.5 Å². The van der Waals surface area contributed by atoms with Gasteiger partial charge >= 0.3 is 10.1 Å². The lowest BCUT2D eigenvalue weighted by atomic mass is 9.92. The molecule has 0 saturated carbocycles. The van der Waals surface area contributed by atoms with Crippen molar-refractivity contribution in [1.82, 2.24) is 15.6 Å². The summed E-state index contributed by atoms with van der Waals surface area (Å²) in [4.78, 5) is 3.86. The Kier molecular flexibility index (Phi) is 11.1. The smallest absolute Gasteiger partial charge is 0.305 e. The summed E-state index contributed by atoms with van der Waals surface area (Å²) in [6.07, 6.45) is 2.38. The van der Waals surface area contributed by atoms with Crippen LogP contribution in [0.2, 0.25) is 0 Å². The highest BCUT2D eigenvalue weighted by Gasteiger charge is 2.25. The Morgan fingerprint density at radius 3 is 2.50 bits per heavy atom. The van der Waals surface area contributed by atoms with Crippen molar-refractivity contribution in [1.29, 1.82) is 0 Å². The van der Waals surface area contributed by atoms with Crippen molar-refractivity contribution < 1.29 is 17.7 Å². The van der Waals surface area contributed by atoms with Crippen molar-refractivity contribution in [3.05, 3.63) is 70.4 Å². The number of anilines is 1. The second-order valence-electron chi connectivity index (χ2n) is 9.85. The molecule has 0 radical (unpaired) electrons. The lowest BCUT2D eigenvalue weighted by Gasteiger charge is -2.34. The first-order valence-electron chi connectivity index (χ1n) is 12.9. The third-order valence-corrected chi connectivity index (χ3v) is 8.78. The van der Waals surface area contributed by atoms with E-state index in [0.717, 1.165) is 42.4 Å². The molecule has 4 rings (SSSR count). The fraction of sp³-hybridized carbons (Fsp3) is 0.464. The maximum Gasteiger partial charge on any atom is 0.305 e. The fourth-order valence-corrected chi connectivity index (χ4v) is 6.31. The van der Waals surface area contributed by atoms with E-state index in [0.29, 0.717) is 28.7 Å². The molecule has 0 aliphatic carbocycles. The van der Waals surface area contributed by atoms with Crippen LogP contribution in [0.25, 0.3) is 0 Å². The first-order valence-corrected chi connectivity index (χ1v) is 15.2. The average molecular weight is 561 g/mol. The van der Waals surface area contributed by atoms with Crippen LogP contribution in [0.1, 0.15) is 54.6 Å². The van der Waals surface area contributed by atoms with Gasteiger partial charge in [0.05, 0.1) is 17.8 Å². The quantitative estimate of drug-likeness (QED) is 0.259. The Balaban J connectivity index is 0.000000304. The summed E-state index contributed by atoms with van der Waals surface area (Å²) in [6.45, 7) is 10.5. The molecule has 0 amide bonds. The first kappa shape index (κ1) is 30.0. The lowest BCUT2D eigenvalue weighted by molar-refractivity contribution is 0.303. The van der Waals surface area contributed by atoms with E-state index in [1.54, 1.807) is 21.0 Å². The standard InChI is InChI=1S/C23H33N3O.C5H7NO3S2/c1-17(2)15-25-20-11-12-22(27-3)19(14-20)16-26-21-10-7-13-24-23(21)18-8-5-4-6-9-18;1-3-5(11(7,8)9)10-4(2)6-3/h4-6,8-9,11-12,14,17,21,23-26H,7,10,13,15-16H2,1-3H3;1-2H3,(H,7,8,9)/t21-,23-;/m0./s1. The number of ether oxygens (including phenoxy) is 1. The summed E-state index contributed by atoms with van der Waals surface area (Å²) in [6, 6.07) is 17.9. The van der Waals surface area contributed by atoms with E-state index in [9.17, 15) is 8.42 Å². The van der Waals surface area contributed by atoms with Gasteiger partial charge < -0.3 is 20.7 Å². The second kappa shape index (κ2) is 14.0.